The van der Waals surface area contributed by atoms with E-state index in [-0.39, 0.29) is 11.9 Å². The molecule has 1 unspecified atom stereocenters. The summed E-state index contributed by atoms with van der Waals surface area (Å²) in [6.07, 6.45) is 1.83. The Hall–Kier alpha value is -2.06. The van der Waals surface area contributed by atoms with Gasteiger partial charge < -0.3 is 10.2 Å². The van der Waals surface area contributed by atoms with Crippen molar-refractivity contribution in [2.24, 2.45) is 0 Å². The van der Waals surface area contributed by atoms with Crippen LogP contribution in [-0.4, -0.2) is 54.6 Å². The predicted molar refractivity (Wildman–Crippen MR) is 83.9 cm³/mol. The molecule has 0 spiro atoms. The minimum absolute atomic E-state index is 0.111. The molecule has 1 aliphatic rings. The summed E-state index contributed by atoms with van der Waals surface area (Å²) in [7, 11) is 0. The number of carbonyl (C=O) groups excluding carboxylic acids is 1. The van der Waals surface area contributed by atoms with Crippen LogP contribution in [0.15, 0.2) is 24.4 Å². The van der Waals surface area contributed by atoms with Crippen molar-refractivity contribution in [3.05, 3.63) is 24.4 Å². The van der Waals surface area contributed by atoms with E-state index in [9.17, 15) is 4.79 Å². The van der Waals surface area contributed by atoms with Crippen LogP contribution in [0.25, 0.3) is 0 Å². The highest BCUT2D eigenvalue weighted by Crippen LogP contribution is 2.12. The van der Waals surface area contributed by atoms with E-state index >= 15 is 0 Å². The Morgan fingerprint density at radius 3 is 2.76 bits per heavy atom. The molecule has 2 rings (SSSR count). The summed E-state index contributed by atoms with van der Waals surface area (Å²) >= 11 is 0. The maximum atomic E-state index is 11.4. The lowest BCUT2D eigenvalue weighted by atomic mass is 10.2. The van der Waals surface area contributed by atoms with Crippen LogP contribution < -0.4 is 10.2 Å². The summed E-state index contributed by atoms with van der Waals surface area (Å²) in [6.45, 7) is 8.43. The molecule has 1 fully saturated rings. The second kappa shape index (κ2) is 7.65. The molecular formula is C16H22N4O. The fourth-order valence-electron chi connectivity index (χ4n) is 2.51. The Morgan fingerprint density at radius 1 is 1.38 bits per heavy atom. The van der Waals surface area contributed by atoms with Crippen molar-refractivity contribution < 1.29 is 4.79 Å². The monoisotopic (exact) mass is 286 g/mol. The Kier molecular flexibility index (Phi) is 5.59. The number of nitrogens with zero attached hydrogens (tertiary/aromatic N) is 3. The molecule has 0 bridgehead atoms. The molecule has 0 aromatic carbocycles. The van der Waals surface area contributed by atoms with Gasteiger partial charge in [-0.1, -0.05) is 12.0 Å². The molecule has 112 valence electrons. The second-order valence-electron chi connectivity index (χ2n) is 5.23. The molecule has 1 saturated heterocycles. The van der Waals surface area contributed by atoms with E-state index in [0.717, 1.165) is 38.5 Å². The summed E-state index contributed by atoms with van der Waals surface area (Å²) < 4.78 is 0. The average Bonchev–Trinajstić information content (AvgIpc) is 2.49. The van der Waals surface area contributed by atoms with Gasteiger partial charge in [0.05, 0.1) is 0 Å². The molecule has 0 radical (unpaired) electrons. The molecule has 2 heterocycles. The van der Waals surface area contributed by atoms with Crippen molar-refractivity contribution in [3.63, 3.8) is 0 Å². The minimum atomic E-state index is -0.197. The summed E-state index contributed by atoms with van der Waals surface area (Å²) in [5, 5.41) is 2.89. The fourth-order valence-corrected chi connectivity index (χ4v) is 2.51. The van der Waals surface area contributed by atoms with Gasteiger partial charge in [-0.3, -0.25) is 9.69 Å². The van der Waals surface area contributed by atoms with Gasteiger partial charge in [-0.25, -0.2) is 4.98 Å². The summed E-state index contributed by atoms with van der Waals surface area (Å²) in [4.78, 5) is 20.5. The van der Waals surface area contributed by atoms with Crippen molar-refractivity contribution in [2.75, 3.05) is 37.6 Å². The highest BCUT2D eigenvalue weighted by Gasteiger charge is 2.19. The Bertz CT molecular complexity index is 512. The second-order valence-corrected chi connectivity index (χ2v) is 5.23. The van der Waals surface area contributed by atoms with Gasteiger partial charge in [-0.05, 0) is 31.9 Å². The number of amides is 1. The summed E-state index contributed by atoms with van der Waals surface area (Å²) in [5.74, 6) is 5.96. The van der Waals surface area contributed by atoms with Crippen LogP contribution in [-0.2, 0) is 4.79 Å². The number of nitrogens with one attached hydrogen (secondary N) is 1. The van der Waals surface area contributed by atoms with Crippen LogP contribution in [0.2, 0.25) is 0 Å². The van der Waals surface area contributed by atoms with Gasteiger partial charge in [0, 0.05) is 45.0 Å². The summed E-state index contributed by atoms with van der Waals surface area (Å²) in [5.41, 5.74) is 0. The van der Waals surface area contributed by atoms with Crippen LogP contribution in [0.4, 0.5) is 5.82 Å². The van der Waals surface area contributed by atoms with Crippen molar-refractivity contribution in [1.82, 2.24) is 15.2 Å². The van der Waals surface area contributed by atoms with Gasteiger partial charge in [-0.15, -0.1) is 0 Å². The Morgan fingerprint density at radius 2 is 2.14 bits per heavy atom. The van der Waals surface area contributed by atoms with E-state index in [1.165, 1.54) is 0 Å². The topological polar surface area (TPSA) is 48.5 Å². The van der Waals surface area contributed by atoms with Crippen molar-refractivity contribution >= 4 is 11.7 Å². The van der Waals surface area contributed by atoms with Crippen molar-refractivity contribution in [3.8, 4) is 11.8 Å². The number of carbonyl (C=O) groups is 1. The number of aromatic nitrogens is 1. The van der Waals surface area contributed by atoms with Gasteiger partial charge in [-0.2, -0.15) is 0 Å². The first kappa shape index (κ1) is 15.3. The fraction of sp³-hybridized carbons (Fsp3) is 0.500. The smallest absolute Gasteiger partial charge is 0.296 e. The van der Waals surface area contributed by atoms with Crippen LogP contribution >= 0.6 is 0 Å². The molecule has 5 heteroatoms. The normalized spacial score (nSPS) is 16.8. The number of rotatable bonds is 4. The third-order valence-electron chi connectivity index (χ3n) is 3.49. The van der Waals surface area contributed by atoms with E-state index in [0.29, 0.717) is 0 Å². The van der Waals surface area contributed by atoms with E-state index in [2.05, 4.69) is 31.9 Å². The number of pyridine rings is 1. The van der Waals surface area contributed by atoms with E-state index in [1.807, 2.05) is 31.3 Å². The molecule has 0 aliphatic carbocycles. The third kappa shape index (κ3) is 4.76. The Labute approximate surface area is 126 Å². The summed E-state index contributed by atoms with van der Waals surface area (Å²) in [6, 6.07) is 6.10. The van der Waals surface area contributed by atoms with E-state index < -0.39 is 0 Å². The molecule has 0 saturated carbocycles. The van der Waals surface area contributed by atoms with Crippen LogP contribution in [0.5, 0.6) is 0 Å². The largest absolute Gasteiger partial charge is 0.354 e. The predicted octanol–water partition coefficient (Wildman–Crippen LogP) is 0.732. The minimum Gasteiger partial charge on any atom is -0.354 e. The lowest BCUT2D eigenvalue weighted by Crippen LogP contribution is -2.50. The van der Waals surface area contributed by atoms with Crippen LogP contribution in [0, 0.1) is 11.8 Å². The molecule has 21 heavy (non-hydrogen) atoms. The first-order chi connectivity index (χ1) is 10.2. The first-order valence-electron chi connectivity index (χ1n) is 7.30. The molecule has 1 atom stereocenters. The average molecular weight is 286 g/mol. The van der Waals surface area contributed by atoms with Crippen LogP contribution in [0.1, 0.15) is 13.8 Å². The molecule has 1 aromatic heterocycles. The van der Waals surface area contributed by atoms with Crippen molar-refractivity contribution in [1.29, 1.82) is 0 Å². The van der Waals surface area contributed by atoms with Gasteiger partial charge in [0.2, 0.25) is 0 Å². The standard InChI is InChI=1S/C16H22N4O/c1-3-6-16(21)18-14(2)13-19-9-11-20(12-10-19)15-7-4-5-8-17-15/h4-5,7-8,14H,9-13H2,1-2H3,(H,18,21). The number of hydrogen-bond acceptors (Lipinski definition) is 4. The van der Waals surface area contributed by atoms with E-state index in [4.69, 9.17) is 0 Å². The van der Waals surface area contributed by atoms with Crippen LogP contribution in [0.3, 0.4) is 0 Å². The van der Waals surface area contributed by atoms with Crippen molar-refractivity contribution in [2.45, 2.75) is 19.9 Å². The number of anilines is 1. The number of hydrogen-bond donors (Lipinski definition) is 1. The molecule has 1 amide bonds. The van der Waals surface area contributed by atoms with Gasteiger partial charge in [0.15, 0.2) is 0 Å². The lowest BCUT2D eigenvalue weighted by molar-refractivity contribution is -0.116. The zero-order valence-electron chi connectivity index (χ0n) is 12.7. The van der Waals surface area contributed by atoms with Gasteiger partial charge in [0.25, 0.3) is 5.91 Å². The molecule has 5 nitrogen and oxygen atoms in total. The van der Waals surface area contributed by atoms with Gasteiger partial charge >= 0.3 is 0 Å². The highest BCUT2D eigenvalue weighted by molar-refractivity contribution is 5.93. The highest BCUT2D eigenvalue weighted by atomic mass is 16.1. The first-order valence-corrected chi connectivity index (χ1v) is 7.30. The quantitative estimate of drug-likeness (QED) is 0.829. The number of piperazine rings is 1. The van der Waals surface area contributed by atoms with E-state index in [1.54, 1.807) is 6.92 Å². The lowest BCUT2D eigenvalue weighted by Gasteiger charge is -2.36. The molecular weight excluding hydrogens is 264 g/mol. The maximum absolute atomic E-state index is 11.4. The third-order valence-corrected chi connectivity index (χ3v) is 3.49. The molecule has 1 N–H and O–H groups in total. The maximum Gasteiger partial charge on any atom is 0.296 e. The molecule has 1 aliphatic heterocycles. The zero-order valence-corrected chi connectivity index (χ0v) is 12.7. The van der Waals surface area contributed by atoms with Gasteiger partial charge in [0.1, 0.15) is 5.82 Å². The SMILES string of the molecule is CC#CC(=O)NC(C)CN1CCN(c2ccccn2)CC1. The molecule has 1 aromatic rings. The Balaban J connectivity index is 1.76. The zero-order chi connectivity index (χ0) is 15.1.